The lowest BCUT2D eigenvalue weighted by Gasteiger charge is -2.08. The molecule has 0 fully saturated rings. The van der Waals surface area contributed by atoms with Gasteiger partial charge in [0.1, 0.15) is 0 Å². The van der Waals surface area contributed by atoms with Crippen LogP contribution in [0.3, 0.4) is 0 Å². The van der Waals surface area contributed by atoms with Crippen LogP contribution in [0.4, 0.5) is 0 Å². The predicted octanol–water partition coefficient (Wildman–Crippen LogP) is 3.61. The number of benzene rings is 2. The van der Waals surface area contributed by atoms with E-state index >= 15 is 0 Å². The van der Waals surface area contributed by atoms with Gasteiger partial charge in [0.2, 0.25) is 0 Å². The Bertz CT molecular complexity index is 450. The van der Waals surface area contributed by atoms with E-state index in [2.05, 4.69) is 73.2 Å². The van der Waals surface area contributed by atoms with Crippen molar-refractivity contribution in [3.63, 3.8) is 0 Å². The molecule has 106 valence electrons. The number of nitrogens with one attached hydrogen (secondary N) is 2. The summed E-state index contributed by atoms with van der Waals surface area (Å²) in [6, 6.07) is 17.5. The van der Waals surface area contributed by atoms with Gasteiger partial charge in [0, 0.05) is 13.1 Å². The topological polar surface area (TPSA) is 24.1 Å². The van der Waals surface area contributed by atoms with Crippen LogP contribution < -0.4 is 10.9 Å². The maximum Gasteiger partial charge on any atom is 0.0351 e. The lowest BCUT2D eigenvalue weighted by molar-refractivity contribution is 0.529. The van der Waals surface area contributed by atoms with Gasteiger partial charge in [0.25, 0.3) is 0 Å². The highest BCUT2D eigenvalue weighted by atomic mass is 15.3. The standard InChI is InChI=1S/C18H24N2/c1-3-15-5-9-17(10-6-15)13-19-20-14-18-11-7-16(4-2)8-12-18/h5-12,19-20H,3-4,13-14H2,1-2H3. The molecule has 0 amide bonds. The molecule has 0 aromatic heterocycles. The van der Waals surface area contributed by atoms with Crippen LogP contribution in [-0.4, -0.2) is 0 Å². The van der Waals surface area contributed by atoms with Crippen LogP contribution in [0.15, 0.2) is 48.5 Å². The first-order chi connectivity index (χ1) is 9.81. The van der Waals surface area contributed by atoms with Crippen molar-refractivity contribution in [2.45, 2.75) is 39.8 Å². The van der Waals surface area contributed by atoms with Gasteiger partial charge in [0.15, 0.2) is 0 Å². The van der Waals surface area contributed by atoms with Gasteiger partial charge in [-0.2, -0.15) is 0 Å². The van der Waals surface area contributed by atoms with Crippen molar-refractivity contribution in [2.24, 2.45) is 0 Å². The highest BCUT2D eigenvalue weighted by molar-refractivity contribution is 5.23. The van der Waals surface area contributed by atoms with E-state index in [1.54, 1.807) is 0 Å². The average molecular weight is 268 g/mol. The fraction of sp³-hybridized carbons (Fsp3) is 0.333. The number of hydrogen-bond acceptors (Lipinski definition) is 2. The summed E-state index contributed by atoms with van der Waals surface area (Å²) in [6.45, 7) is 6.05. The molecule has 0 saturated carbocycles. The lowest BCUT2D eigenvalue weighted by atomic mass is 10.1. The van der Waals surface area contributed by atoms with Crippen LogP contribution >= 0.6 is 0 Å². The molecule has 0 atom stereocenters. The summed E-state index contributed by atoms with van der Waals surface area (Å²) >= 11 is 0. The second-order valence-electron chi connectivity index (χ2n) is 5.05. The van der Waals surface area contributed by atoms with Crippen LogP contribution in [0.1, 0.15) is 36.1 Å². The minimum absolute atomic E-state index is 0.844. The third-order valence-electron chi connectivity index (χ3n) is 3.57. The zero-order chi connectivity index (χ0) is 14.2. The molecule has 0 bridgehead atoms. The molecule has 0 aliphatic carbocycles. The Balaban J connectivity index is 1.72. The molecule has 0 aliphatic heterocycles. The molecule has 2 aromatic rings. The van der Waals surface area contributed by atoms with Crippen LogP contribution in [0.25, 0.3) is 0 Å². The molecule has 0 spiro atoms. The molecule has 2 nitrogen and oxygen atoms in total. The van der Waals surface area contributed by atoms with Crippen LogP contribution in [0, 0.1) is 0 Å². The Labute approximate surface area is 122 Å². The smallest absolute Gasteiger partial charge is 0.0351 e. The van der Waals surface area contributed by atoms with Crippen molar-refractivity contribution in [3.8, 4) is 0 Å². The number of hydrazine groups is 1. The highest BCUT2D eigenvalue weighted by Crippen LogP contribution is 2.05. The molecular weight excluding hydrogens is 244 g/mol. The molecule has 2 rings (SSSR count). The summed E-state index contributed by atoms with van der Waals surface area (Å²) in [5.41, 5.74) is 11.9. The zero-order valence-corrected chi connectivity index (χ0v) is 12.4. The van der Waals surface area contributed by atoms with E-state index in [0.29, 0.717) is 0 Å². The van der Waals surface area contributed by atoms with Crippen molar-refractivity contribution in [3.05, 3.63) is 70.8 Å². The quantitative estimate of drug-likeness (QED) is 0.592. The summed E-state index contributed by atoms with van der Waals surface area (Å²) in [5, 5.41) is 0. The molecular formula is C18H24N2. The van der Waals surface area contributed by atoms with E-state index in [9.17, 15) is 0 Å². The highest BCUT2D eigenvalue weighted by Gasteiger charge is 1.95. The van der Waals surface area contributed by atoms with Crippen LogP contribution in [-0.2, 0) is 25.9 Å². The third-order valence-corrected chi connectivity index (χ3v) is 3.57. The summed E-state index contributed by atoms with van der Waals surface area (Å²) in [4.78, 5) is 0. The molecule has 2 N–H and O–H groups in total. The van der Waals surface area contributed by atoms with Crippen molar-refractivity contribution < 1.29 is 0 Å². The first-order valence-corrected chi connectivity index (χ1v) is 7.43. The Morgan fingerprint density at radius 3 is 1.15 bits per heavy atom. The Kier molecular flexibility index (Phi) is 5.78. The maximum atomic E-state index is 3.27. The van der Waals surface area contributed by atoms with Gasteiger partial charge in [-0.25, -0.2) is 0 Å². The minimum atomic E-state index is 0.844. The normalized spacial score (nSPS) is 10.7. The van der Waals surface area contributed by atoms with Crippen molar-refractivity contribution in [1.82, 2.24) is 10.9 Å². The predicted molar refractivity (Wildman–Crippen MR) is 85.3 cm³/mol. The van der Waals surface area contributed by atoms with E-state index in [4.69, 9.17) is 0 Å². The number of hydrogen-bond donors (Lipinski definition) is 2. The first-order valence-electron chi connectivity index (χ1n) is 7.43. The Morgan fingerprint density at radius 1 is 0.550 bits per heavy atom. The summed E-state index contributed by atoms with van der Waals surface area (Å²) in [5.74, 6) is 0. The van der Waals surface area contributed by atoms with Crippen LogP contribution in [0.5, 0.6) is 0 Å². The summed E-state index contributed by atoms with van der Waals surface area (Å²) in [7, 11) is 0. The van der Waals surface area contributed by atoms with Gasteiger partial charge >= 0.3 is 0 Å². The van der Waals surface area contributed by atoms with E-state index in [-0.39, 0.29) is 0 Å². The van der Waals surface area contributed by atoms with Gasteiger partial charge in [-0.05, 0) is 35.1 Å². The van der Waals surface area contributed by atoms with Crippen molar-refractivity contribution in [1.29, 1.82) is 0 Å². The Hall–Kier alpha value is -1.64. The van der Waals surface area contributed by atoms with Gasteiger partial charge in [-0.15, -0.1) is 0 Å². The fourth-order valence-electron chi connectivity index (χ4n) is 2.11. The fourth-order valence-corrected chi connectivity index (χ4v) is 2.11. The Morgan fingerprint density at radius 2 is 0.850 bits per heavy atom. The molecule has 0 radical (unpaired) electrons. The van der Waals surface area contributed by atoms with E-state index < -0.39 is 0 Å². The van der Waals surface area contributed by atoms with Gasteiger partial charge < -0.3 is 0 Å². The minimum Gasteiger partial charge on any atom is -0.253 e. The first kappa shape index (κ1) is 14.8. The lowest BCUT2D eigenvalue weighted by Crippen LogP contribution is -2.30. The summed E-state index contributed by atoms with van der Waals surface area (Å²) < 4.78 is 0. The second kappa shape index (κ2) is 7.83. The molecule has 0 heterocycles. The van der Waals surface area contributed by atoms with Crippen molar-refractivity contribution >= 4 is 0 Å². The molecule has 0 aliphatic rings. The van der Waals surface area contributed by atoms with E-state index in [0.717, 1.165) is 25.9 Å². The molecule has 0 saturated heterocycles. The second-order valence-corrected chi connectivity index (χ2v) is 5.05. The zero-order valence-electron chi connectivity index (χ0n) is 12.4. The van der Waals surface area contributed by atoms with E-state index in [1.165, 1.54) is 22.3 Å². The van der Waals surface area contributed by atoms with Gasteiger partial charge in [-0.3, -0.25) is 10.9 Å². The third kappa shape index (κ3) is 4.48. The van der Waals surface area contributed by atoms with Crippen LogP contribution in [0.2, 0.25) is 0 Å². The molecule has 20 heavy (non-hydrogen) atoms. The molecule has 2 aromatic carbocycles. The number of rotatable bonds is 7. The van der Waals surface area contributed by atoms with E-state index in [1.807, 2.05) is 0 Å². The van der Waals surface area contributed by atoms with Gasteiger partial charge in [-0.1, -0.05) is 62.4 Å². The van der Waals surface area contributed by atoms with Crippen molar-refractivity contribution in [2.75, 3.05) is 0 Å². The average Bonchev–Trinajstić information content (AvgIpc) is 2.53. The monoisotopic (exact) mass is 268 g/mol. The summed E-state index contributed by atoms with van der Waals surface area (Å²) in [6.07, 6.45) is 2.19. The SMILES string of the molecule is CCc1ccc(CNNCc2ccc(CC)cc2)cc1. The maximum absolute atomic E-state index is 3.27. The van der Waals surface area contributed by atoms with Gasteiger partial charge in [0.05, 0.1) is 0 Å². The molecule has 0 unspecified atom stereocenters. The number of aryl methyl sites for hydroxylation is 2. The largest absolute Gasteiger partial charge is 0.253 e. The molecule has 2 heteroatoms.